The molecule has 0 aliphatic carbocycles. The predicted molar refractivity (Wildman–Crippen MR) is 106 cm³/mol. The van der Waals surface area contributed by atoms with E-state index in [2.05, 4.69) is 20.6 Å². The second-order valence-electron chi connectivity index (χ2n) is 6.83. The first kappa shape index (κ1) is 19.7. The second-order valence-corrected chi connectivity index (χ2v) is 9.94. The molecule has 1 fully saturated rings. The van der Waals surface area contributed by atoms with Gasteiger partial charge in [-0.05, 0) is 37.3 Å². The summed E-state index contributed by atoms with van der Waals surface area (Å²) >= 11 is 1.17. The van der Waals surface area contributed by atoms with Gasteiger partial charge in [-0.25, -0.2) is 8.42 Å². The van der Waals surface area contributed by atoms with Crippen LogP contribution < -0.4 is 5.32 Å². The second kappa shape index (κ2) is 7.69. The SMILES string of the molecule is Cc1cc(-c2nnc(NC(=O)[C@H]3CCCN(S(=O)(=O)c4cccs4)C3)o2)nn1C. The quantitative estimate of drug-likeness (QED) is 0.648. The fraction of sp³-hybridized carbons (Fsp3) is 0.412. The van der Waals surface area contributed by atoms with Crippen molar-refractivity contribution in [1.82, 2.24) is 24.3 Å². The fourth-order valence-electron chi connectivity index (χ4n) is 3.16. The van der Waals surface area contributed by atoms with Crippen molar-refractivity contribution in [1.29, 1.82) is 0 Å². The highest BCUT2D eigenvalue weighted by Gasteiger charge is 2.34. The number of hydrogen-bond donors (Lipinski definition) is 1. The van der Waals surface area contributed by atoms with Gasteiger partial charge in [0.2, 0.25) is 5.91 Å². The molecule has 1 atom stereocenters. The van der Waals surface area contributed by atoms with Gasteiger partial charge in [0.1, 0.15) is 9.90 Å². The third-order valence-electron chi connectivity index (χ3n) is 4.83. The fourth-order valence-corrected chi connectivity index (χ4v) is 5.83. The Balaban J connectivity index is 1.43. The van der Waals surface area contributed by atoms with E-state index in [1.807, 2.05) is 6.92 Å². The molecule has 0 saturated carbocycles. The van der Waals surface area contributed by atoms with E-state index in [1.54, 1.807) is 35.3 Å². The maximum absolute atomic E-state index is 12.7. The van der Waals surface area contributed by atoms with E-state index >= 15 is 0 Å². The maximum atomic E-state index is 12.7. The molecule has 0 bridgehead atoms. The lowest BCUT2D eigenvalue weighted by Gasteiger charge is -2.30. The summed E-state index contributed by atoms with van der Waals surface area (Å²) in [6.45, 7) is 2.41. The van der Waals surface area contributed by atoms with Crippen molar-refractivity contribution >= 4 is 33.3 Å². The van der Waals surface area contributed by atoms with Gasteiger partial charge in [-0.2, -0.15) is 9.40 Å². The smallest absolute Gasteiger partial charge is 0.322 e. The van der Waals surface area contributed by atoms with Gasteiger partial charge in [0, 0.05) is 25.8 Å². The van der Waals surface area contributed by atoms with E-state index in [0.29, 0.717) is 25.1 Å². The molecule has 1 N–H and O–H groups in total. The number of nitrogens with zero attached hydrogens (tertiary/aromatic N) is 5. The standard InChI is InChI=1S/C17H20N6O4S2/c1-11-9-13(21-22(11)2)16-19-20-17(27-16)18-15(24)12-5-3-7-23(10-12)29(25,26)14-6-4-8-28-14/h4,6,8-9,12H,3,5,7,10H2,1-2H3,(H,18,20,24)/t12-/m0/s1. The van der Waals surface area contributed by atoms with Crippen LogP contribution in [0.3, 0.4) is 0 Å². The van der Waals surface area contributed by atoms with Crippen LogP contribution in [0.5, 0.6) is 0 Å². The van der Waals surface area contributed by atoms with Crippen molar-refractivity contribution in [2.75, 3.05) is 18.4 Å². The van der Waals surface area contributed by atoms with Crippen LogP contribution in [-0.4, -0.2) is 51.7 Å². The zero-order valence-electron chi connectivity index (χ0n) is 15.9. The predicted octanol–water partition coefficient (Wildman–Crippen LogP) is 1.88. The van der Waals surface area contributed by atoms with Gasteiger partial charge in [0.05, 0.1) is 5.92 Å². The molecule has 0 spiro atoms. The minimum Gasteiger partial charge on any atom is -0.401 e. The van der Waals surface area contributed by atoms with Crippen LogP contribution in [-0.2, 0) is 21.9 Å². The van der Waals surface area contributed by atoms with Crippen molar-refractivity contribution < 1.29 is 17.6 Å². The maximum Gasteiger partial charge on any atom is 0.322 e. The van der Waals surface area contributed by atoms with Crippen LogP contribution in [0.1, 0.15) is 18.5 Å². The van der Waals surface area contributed by atoms with Gasteiger partial charge in [0.25, 0.3) is 15.9 Å². The largest absolute Gasteiger partial charge is 0.401 e. The molecule has 1 amide bonds. The first-order chi connectivity index (χ1) is 13.8. The molecule has 10 nitrogen and oxygen atoms in total. The number of anilines is 1. The average Bonchev–Trinajstić information content (AvgIpc) is 3.44. The Bertz CT molecular complexity index is 1100. The van der Waals surface area contributed by atoms with E-state index in [9.17, 15) is 13.2 Å². The molecule has 0 aromatic carbocycles. The summed E-state index contributed by atoms with van der Waals surface area (Å²) in [6, 6.07) is 5.03. The lowest BCUT2D eigenvalue weighted by atomic mass is 9.99. The van der Waals surface area contributed by atoms with Gasteiger partial charge in [-0.3, -0.25) is 14.8 Å². The van der Waals surface area contributed by atoms with Crippen LogP contribution >= 0.6 is 11.3 Å². The Morgan fingerprint density at radius 3 is 2.90 bits per heavy atom. The normalized spacial score (nSPS) is 18.1. The van der Waals surface area contributed by atoms with Crippen LogP contribution in [0, 0.1) is 12.8 Å². The van der Waals surface area contributed by atoms with Crippen LogP contribution in [0.4, 0.5) is 6.01 Å². The van der Waals surface area contributed by atoms with Crippen molar-refractivity contribution in [2.45, 2.75) is 24.0 Å². The third kappa shape index (κ3) is 3.95. The number of carbonyl (C=O) groups excluding carboxylic acids is 1. The molecule has 3 aromatic heterocycles. The Kier molecular flexibility index (Phi) is 5.23. The molecular weight excluding hydrogens is 416 g/mol. The molecule has 4 heterocycles. The number of aryl methyl sites for hydroxylation is 2. The van der Waals surface area contributed by atoms with Gasteiger partial charge in [-0.1, -0.05) is 11.2 Å². The van der Waals surface area contributed by atoms with E-state index < -0.39 is 15.9 Å². The van der Waals surface area contributed by atoms with E-state index in [-0.39, 0.29) is 28.6 Å². The minimum atomic E-state index is -3.58. The van der Waals surface area contributed by atoms with E-state index in [0.717, 1.165) is 5.69 Å². The topological polar surface area (TPSA) is 123 Å². The highest BCUT2D eigenvalue weighted by atomic mass is 32.2. The van der Waals surface area contributed by atoms with Gasteiger partial charge >= 0.3 is 6.01 Å². The molecule has 29 heavy (non-hydrogen) atoms. The summed E-state index contributed by atoms with van der Waals surface area (Å²) < 4.78 is 34.3. The molecule has 0 unspecified atom stereocenters. The van der Waals surface area contributed by atoms with Crippen molar-refractivity contribution in [2.24, 2.45) is 13.0 Å². The molecule has 154 valence electrons. The Morgan fingerprint density at radius 1 is 1.38 bits per heavy atom. The first-order valence-corrected chi connectivity index (χ1v) is 11.4. The molecular formula is C17H20N6O4S2. The van der Waals surface area contributed by atoms with Crippen molar-refractivity contribution in [3.63, 3.8) is 0 Å². The number of rotatable bonds is 5. The number of hydrogen-bond acceptors (Lipinski definition) is 8. The summed E-state index contributed by atoms with van der Waals surface area (Å²) in [5.74, 6) is -0.635. The Morgan fingerprint density at radius 2 is 2.21 bits per heavy atom. The van der Waals surface area contributed by atoms with E-state index in [4.69, 9.17) is 4.42 Å². The van der Waals surface area contributed by atoms with Gasteiger partial charge in [-0.15, -0.1) is 16.4 Å². The highest BCUT2D eigenvalue weighted by Crippen LogP contribution is 2.27. The molecule has 3 aromatic rings. The Labute approximate surface area is 171 Å². The number of thiophene rings is 1. The summed E-state index contributed by atoms with van der Waals surface area (Å²) in [5, 5.41) is 16.3. The third-order valence-corrected chi connectivity index (χ3v) is 8.07. The number of carbonyl (C=O) groups is 1. The van der Waals surface area contributed by atoms with Gasteiger partial charge < -0.3 is 4.42 Å². The minimum absolute atomic E-state index is 0.0356. The lowest BCUT2D eigenvalue weighted by Crippen LogP contribution is -2.43. The molecule has 0 radical (unpaired) electrons. The lowest BCUT2D eigenvalue weighted by molar-refractivity contribution is -0.121. The van der Waals surface area contributed by atoms with Crippen molar-refractivity contribution in [3.05, 3.63) is 29.3 Å². The molecule has 1 aliphatic heterocycles. The van der Waals surface area contributed by atoms with E-state index in [1.165, 1.54) is 15.6 Å². The number of amides is 1. The zero-order chi connectivity index (χ0) is 20.6. The summed E-state index contributed by atoms with van der Waals surface area (Å²) in [5.41, 5.74) is 1.45. The Hall–Kier alpha value is -2.57. The number of aromatic nitrogens is 4. The summed E-state index contributed by atoms with van der Waals surface area (Å²) in [7, 11) is -1.78. The summed E-state index contributed by atoms with van der Waals surface area (Å²) in [6.07, 6.45) is 1.19. The average molecular weight is 437 g/mol. The van der Waals surface area contributed by atoms with Crippen molar-refractivity contribution in [3.8, 4) is 11.6 Å². The monoisotopic (exact) mass is 436 g/mol. The number of sulfonamides is 1. The zero-order valence-corrected chi connectivity index (χ0v) is 17.5. The van der Waals surface area contributed by atoms with Gasteiger partial charge in [0.15, 0.2) is 0 Å². The first-order valence-electron chi connectivity index (χ1n) is 9.03. The number of nitrogens with one attached hydrogen (secondary N) is 1. The van der Waals surface area contributed by atoms with Crippen LogP contribution in [0.15, 0.2) is 32.2 Å². The van der Waals surface area contributed by atoms with Crippen LogP contribution in [0.25, 0.3) is 11.6 Å². The molecule has 1 aliphatic rings. The molecule has 4 rings (SSSR count). The van der Waals surface area contributed by atoms with Crippen LogP contribution in [0.2, 0.25) is 0 Å². The summed E-state index contributed by atoms with van der Waals surface area (Å²) in [4.78, 5) is 12.7. The molecule has 1 saturated heterocycles. The molecule has 12 heteroatoms. The highest BCUT2D eigenvalue weighted by molar-refractivity contribution is 7.91. The number of piperidine rings is 1.